The second-order valence-electron chi connectivity index (χ2n) is 4.09. The van der Waals surface area contributed by atoms with Crippen molar-refractivity contribution in [1.82, 2.24) is 4.98 Å². The number of nitrogens with two attached hydrogens (primary N) is 1. The summed E-state index contributed by atoms with van der Waals surface area (Å²) in [5.74, 6) is 0. The third-order valence-electron chi connectivity index (χ3n) is 2.44. The summed E-state index contributed by atoms with van der Waals surface area (Å²) in [6, 6.07) is 6.12. The fourth-order valence-corrected chi connectivity index (χ4v) is 2.91. The number of halogens is 1. The lowest BCUT2D eigenvalue weighted by Gasteiger charge is -2.01. The van der Waals surface area contributed by atoms with E-state index in [4.69, 9.17) is 17.3 Å². The number of aryl methyl sites for hydroxylation is 1. The highest BCUT2D eigenvalue weighted by Crippen LogP contribution is 2.26. The molecule has 0 saturated heterocycles. The van der Waals surface area contributed by atoms with E-state index in [1.54, 1.807) is 11.3 Å². The molecule has 0 radical (unpaired) electrons. The summed E-state index contributed by atoms with van der Waals surface area (Å²) in [7, 11) is 0. The van der Waals surface area contributed by atoms with Crippen molar-refractivity contribution in [2.45, 2.75) is 32.2 Å². The Hall–Kier alpha value is -0.640. The fraction of sp³-hybridized carbons (Fsp3) is 0.417. The maximum atomic E-state index is 5.94. The van der Waals surface area contributed by atoms with E-state index in [1.807, 2.05) is 25.1 Å². The van der Waals surface area contributed by atoms with Crippen LogP contribution in [0.15, 0.2) is 18.2 Å². The molecule has 2 aromatic rings. The molecule has 0 amide bonds. The monoisotopic (exact) mass is 254 g/mol. The largest absolute Gasteiger partial charge is 0.328 e. The number of fused-ring (bicyclic) bond motifs is 1. The van der Waals surface area contributed by atoms with Gasteiger partial charge >= 0.3 is 0 Å². The first-order valence-electron chi connectivity index (χ1n) is 5.45. The number of nitrogens with zero attached hydrogens (tertiary/aromatic N) is 1. The van der Waals surface area contributed by atoms with Crippen LogP contribution < -0.4 is 5.73 Å². The topological polar surface area (TPSA) is 38.9 Å². The second-order valence-corrected chi connectivity index (χ2v) is 5.64. The minimum absolute atomic E-state index is 0.281. The number of hydrogen-bond acceptors (Lipinski definition) is 3. The summed E-state index contributed by atoms with van der Waals surface area (Å²) >= 11 is 7.66. The molecule has 0 bridgehead atoms. The van der Waals surface area contributed by atoms with Crippen LogP contribution in [0.5, 0.6) is 0 Å². The van der Waals surface area contributed by atoms with Crippen molar-refractivity contribution >= 4 is 33.2 Å². The van der Waals surface area contributed by atoms with Crippen molar-refractivity contribution in [3.8, 4) is 0 Å². The Morgan fingerprint density at radius 1 is 1.50 bits per heavy atom. The van der Waals surface area contributed by atoms with Gasteiger partial charge in [-0.15, -0.1) is 11.3 Å². The number of hydrogen-bond donors (Lipinski definition) is 1. The zero-order valence-electron chi connectivity index (χ0n) is 9.24. The number of benzene rings is 1. The van der Waals surface area contributed by atoms with Crippen molar-refractivity contribution < 1.29 is 0 Å². The molecule has 1 unspecified atom stereocenters. The summed E-state index contributed by atoms with van der Waals surface area (Å²) in [5, 5.41) is 1.95. The van der Waals surface area contributed by atoms with Gasteiger partial charge in [0.1, 0.15) is 0 Å². The van der Waals surface area contributed by atoms with Gasteiger partial charge in [-0.05, 0) is 44.4 Å². The van der Waals surface area contributed by atoms with E-state index in [1.165, 1.54) is 9.71 Å². The molecule has 2 nitrogen and oxygen atoms in total. The zero-order valence-corrected chi connectivity index (χ0v) is 10.8. The van der Waals surface area contributed by atoms with Gasteiger partial charge in [-0.2, -0.15) is 0 Å². The van der Waals surface area contributed by atoms with E-state index >= 15 is 0 Å². The summed E-state index contributed by atoms with van der Waals surface area (Å²) in [4.78, 5) is 4.57. The molecular formula is C12H15ClN2S. The van der Waals surface area contributed by atoms with Crippen LogP contribution in [0.2, 0.25) is 5.02 Å². The van der Waals surface area contributed by atoms with Crippen LogP contribution in [0.1, 0.15) is 24.8 Å². The minimum atomic E-state index is 0.281. The van der Waals surface area contributed by atoms with Gasteiger partial charge in [0.05, 0.1) is 15.2 Å². The van der Waals surface area contributed by atoms with E-state index in [0.29, 0.717) is 0 Å². The van der Waals surface area contributed by atoms with Gasteiger partial charge in [0.25, 0.3) is 0 Å². The van der Waals surface area contributed by atoms with E-state index in [0.717, 1.165) is 29.8 Å². The summed E-state index contributed by atoms with van der Waals surface area (Å²) in [6.07, 6.45) is 3.17. The summed E-state index contributed by atoms with van der Waals surface area (Å²) in [5.41, 5.74) is 6.76. The standard InChI is InChI=1S/C12H15ClN2S/c1-8(14)3-2-4-12-15-10-6-5-9(13)7-11(10)16-12/h5-8H,2-4,14H2,1H3. The Bertz CT molecular complexity index is 479. The van der Waals surface area contributed by atoms with Gasteiger partial charge in [0.15, 0.2) is 0 Å². The molecule has 1 heterocycles. The Morgan fingerprint density at radius 2 is 2.31 bits per heavy atom. The molecule has 0 aliphatic rings. The number of aromatic nitrogens is 1. The first kappa shape index (κ1) is 11.8. The molecule has 86 valence electrons. The molecule has 0 spiro atoms. The Morgan fingerprint density at radius 3 is 3.06 bits per heavy atom. The number of rotatable bonds is 4. The average molecular weight is 255 g/mol. The van der Waals surface area contributed by atoms with Gasteiger partial charge in [-0.25, -0.2) is 4.98 Å². The first-order valence-corrected chi connectivity index (χ1v) is 6.65. The molecule has 1 atom stereocenters. The Labute approximate surface area is 104 Å². The summed E-state index contributed by atoms with van der Waals surface area (Å²) in [6.45, 7) is 2.04. The SMILES string of the molecule is CC(N)CCCc1nc2ccc(Cl)cc2s1. The van der Waals surface area contributed by atoms with Gasteiger partial charge in [-0.3, -0.25) is 0 Å². The molecular weight excluding hydrogens is 240 g/mol. The fourth-order valence-electron chi connectivity index (χ4n) is 1.63. The molecule has 0 saturated carbocycles. The van der Waals surface area contributed by atoms with Crippen molar-refractivity contribution in [3.63, 3.8) is 0 Å². The third-order valence-corrected chi connectivity index (χ3v) is 3.76. The Balaban J connectivity index is 2.08. The lowest BCUT2D eigenvalue weighted by molar-refractivity contribution is 0.623. The molecule has 0 fully saturated rings. The second kappa shape index (κ2) is 5.13. The molecule has 2 N–H and O–H groups in total. The smallest absolute Gasteiger partial charge is 0.0938 e. The maximum absolute atomic E-state index is 5.94. The van der Waals surface area contributed by atoms with E-state index in [-0.39, 0.29) is 6.04 Å². The van der Waals surface area contributed by atoms with Crippen LogP contribution >= 0.6 is 22.9 Å². The average Bonchev–Trinajstić information content (AvgIpc) is 2.58. The molecule has 1 aromatic carbocycles. The van der Waals surface area contributed by atoms with Crippen LogP contribution in [0.4, 0.5) is 0 Å². The van der Waals surface area contributed by atoms with Crippen LogP contribution in [0.3, 0.4) is 0 Å². The quantitative estimate of drug-likeness (QED) is 0.905. The van der Waals surface area contributed by atoms with E-state index in [9.17, 15) is 0 Å². The van der Waals surface area contributed by atoms with Crippen molar-refractivity contribution in [2.24, 2.45) is 5.73 Å². The molecule has 1 aromatic heterocycles. The summed E-state index contributed by atoms with van der Waals surface area (Å²) < 4.78 is 1.17. The lowest BCUT2D eigenvalue weighted by Crippen LogP contribution is -2.14. The molecule has 0 aliphatic heterocycles. The molecule has 16 heavy (non-hydrogen) atoms. The van der Waals surface area contributed by atoms with Gasteiger partial charge in [-0.1, -0.05) is 11.6 Å². The normalized spacial score (nSPS) is 13.2. The third kappa shape index (κ3) is 2.94. The molecule has 2 rings (SSSR count). The van der Waals surface area contributed by atoms with Gasteiger partial charge in [0.2, 0.25) is 0 Å². The van der Waals surface area contributed by atoms with Crippen molar-refractivity contribution in [3.05, 3.63) is 28.2 Å². The van der Waals surface area contributed by atoms with Crippen LogP contribution in [-0.4, -0.2) is 11.0 Å². The van der Waals surface area contributed by atoms with Crippen LogP contribution in [0.25, 0.3) is 10.2 Å². The van der Waals surface area contributed by atoms with Crippen molar-refractivity contribution in [2.75, 3.05) is 0 Å². The highest BCUT2D eigenvalue weighted by molar-refractivity contribution is 7.18. The molecule has 0 aliphatic carbocycles. The van der Waals surface area contributed by atoms with E-state index < -0.39 is 0 Å². The predicted molar refractivity (Wildman–Crippen MR) is 71.2 cm³/mol. The maximum Gasteiger partial charge on any atom is 0.0938 e. The van der Waals surface area contributed by atoms with Gasteiger partial charge in [0, 0.05) is 11.1 Å². The molecule has 4 heteroatoms. The van der Waals surface area contributed by atoms with Gasteiger partial charge < -0.3 is 5.73 Å². The predicted octanol–water partition coefficient (Wildman–Crippen LogP) is 3.62. The van der Waals surface area contributed by atoms with E-state index in [2.05, 4.69) is 4.98 Å². The minimum Gasteiger partial charge on any atom is -0.328 e. The lowest BCUT2D eigenvalue weighted by atomic mass is 10.1. The van der Waals surface area contributed by atoms with Crippen molar-refractivity contribution in [1.29, 1.82) is 0 Å². The van der Waals surface area contributed by atoms with Crippen LogP contribution in [-0.2, 0) is 6.42 Å². The van der Waals surface area contributed by atoms with Crippen LogP contribution in [0, 0.1) is 0 Å². The Kier molecular flexibility index (Phi) is 3.79. The highest BCUT2D eigenvalue weighted by atomic mass is 35.5. The highest BCUT2D eigenvalue weighted by Gasteiger charge is 2.04. The zero-order chi connectivity index (χ0) is 11.5. The number of thiazole rings is 1. The first-order chi connectivity index (χ1) is 7.65.